The number of likely N-dealkylation sites (tertiary alicyclic amines) is 1. The van der Waals surface area contributed by atoms with Crippen molar-refractivity contribution in [3.63, 3.8) is 0 Å². The van der Waals surface area contributed by atoms with Crippen LogP contribution in [0.3, 0.4) is 0 Å². The Morgan fingerprint density at radius 2 is 1.90 bits per heavy atom. The van der Waals surface area contributed by atoms with Gasteiger partial charge >= 0.3 is 0 Å². The molecule has 2 amide bonds. The molecule has 4 nitrogen and oxygen atoms in total. The molecule has 0 aromatic heterocycles. The van der Waals surface area contributed by atoms with Crippen molar-refractivity contribution in [2.75, 3.05) is 24.5 Å². The third-order valence-corrected chi connectivity index (χ3v) is 4.13. The van der Waals surface area contributed by atoms with E-state index in [-0.39, 0.29) is 11.8 Å². The van der Waals surface area contributed by atoms with Crippen LogP contribution in [0.15, 0.2) is 18.2 Å². The van der Waals surface area contributed by atoms with Crippen LogP contribution in [-0.4, -0.2) is 36.3 Å². The summed E-state index contributed by atoms with van der Waals surface area (Å²) in [7, 11) is 0. The highest BCUT2D eigenvalue weighted by Crippen LogP contribution is 2.29. The van der Waals surface area contributed by atoms with E-state index in [2.05, 4.69) is 0 Å². The molecule has 0 aliphatic carbocycles. The van der Waals surface area contributed by atoms with Crippen molar-refractivity contribution in [1.82, 2.24) is 4.90 Å². The summed E-state index contributed by atoms with van der Waals surface area (Å²) in [5.41, 5.74) is 0.586. The molecule has 1 aliphatic heterocycles. The van der Waals surface area contributed by atoms with E-state index in [1.807, 2.05) is 4.90 Å². The second-order valence-corrected chi connectivity index (χ2v) is 5.95. The zero-order valence-corrected chi connectivity index (χ0v) is 13.5. The molecule has 21 heavy (non-hydrogen) atoms. The van der Waals surface area contributed by atoms with E-state index < -0.39 is 0 Å². The van der Waals surface area contributed by atoms with Crippen molar-refractivity contribution in [2.45, 2.75) is 26.2 Å². The van der Waals surface area contributed by atoms with Crippen LogP contribution in [0.25, 0.3) is 0 Å². The lowest BCUT2D eigenvalue weighted by Crippen LogP contribution is -2.35. The van der Waals surface area contributed by atoms with Gasteiger partial charge < -0.3 is 9.80 Å². The Kier molecular flexibility index (Phi) is 5.48. The van der Waals surface area contributed by atoms with Gasteiger partial charge in [-0.3, -0.25) is 9.59 Å². The minimum Gasteiger partial charge on any atom is -0.343 e. The molecule has 1 fully saturated rings. The zero-order valence-electron chi connectivity index (χ0n) is 11.9. The highest BCUT2D eigenvalue weighted by Gasteiger charge is 2.21. The van der Waals surface area contributed by atoms with Crippen molar-refractivity contribution >= 4 is 40.7 Å². The molecule has 1 aromatic rings. The first kappa shape index (κ1) is 16.1. The predicted octanol–water partition coefficient (Wildman–Crippen LogP) is 3.36. The van der Waals surface area contributed by atoms with Crippen LogP contribution >= 0.6 is 23.2 Å². The van der Waals surface area contributed by atoms with Gasteiger partial charge in [-0.2, -0.15) is 0 Å². The van der Waals surface area contributed by atoms with Crippen LogP contribution in [0.4, 0.5) is 5.69 Å². The van der Waals surface area contributed by atoms with Crippen molar-refractivity contribution in [1.29, 1.82) is 0 Å². The Labute approximate surface area is 134 Å². The summed E-state index contributed by atoms with van der Waals surface area (Å²) >= 11 is 12.0. The van der Waals surface area contributed by atoms with Gasteiger partial charge in [0.15, 0.2) is 0 Å². The number of amides is 2. The van der Waals surface area contributed by atoms with Gasteiger partial charge in [0.25, 0.3) is 0 Å². The van der Waals surface area contributed by atoms with E-state index >= 15 is 0 Å². The van der Waals surface area contributed by atoms with E-state index in [9.17, 15) is 9.59 Å². The van der Waals surface area contributed by atoms with E-state index in [4.69, 9.17) is 23.2 Å². The Hall–Kier alpha value is -1.26. The number of hydrogen-bond acceptors (Lipinski definition) is 2. The van der Waals surface area contributed by atoms with Crippen LogP contribution in [0.5, 0.6) is 0 Å². The third kappa shape index (κ3) is 4.11. The van der Waals surface area contributed by atoms with Gasteiger partial charge in [-0.15, -0.1) is 0 Å². The number of rotatable bonds is 4. The summed E-state index contributed by atoms with van der Waals surface area (Å²) in [6, 6.07) is 4.98. The molecule has 0 N–H and O–H groups in total. The summed E-state index contributed by atoms with van der Waals surface area (Å²) in [4.78, 5) is 27.3. The SMILES string of the molecule is CC(=O)N(CCC(=O)N1CCCC1)c1ccc(Cl)cc1Cl. The molecule has 1 heterocycles. The first-order valence-corrected chi connectivity index (χ1v) is 7.75. The predicted molar refractivity (Wildman–Crippen MR) is 84.9 cm³/mol. The molecule has 6 heteroatoms. The van der Waals surface area contributed by atoms with Gasteiger partial charge in [-0.05, 0) is 31.0 Å². The lowest BCUT2D eigenvalue weighted by molar-refractivity contribution is -0.129. The molecule has 1 aromatic carbocycles. The Balaban J connectivity index is 2.05. The molecule has 0 spiro atoms. The lowest BCUT2D eigenvalue weighted by Gasteiger charge is -2.23. The second-order valence-electron chi connectivity index (χ2n) is 5.10. The van der Waals surface area contributed by atoms with Gasteiger partial charge in [-0.1, -0.05) is 23.2 Å². The normalized spacial score (nSPS) is 14.3. The number of benzene rings is 1. The largest absolute Gasteiger partial charge is 0.343 e. The van der Waals surface area contributed by atoms with Gasteiger partial charge in [0.2, 0.25) is 11.8 Å². The molecule has 114 valence electrons. The highest BCUT2D eigenvalue weighted by molar-refractivity contribution is 6.36. The second kappa shape index (κ2) is 7.14. The number of nitrogens with zero attached hydrogens (tertiary/aromatic N) is 2. The summed E-state index contributed by atoms with van der Waals surface area (Å²) < 4.78 is 0. The standard InChI is InChI=1S/C15H18Cl2N2O2/c1-11(20)19(14-5-4-12(16)10-13(14)17)9-6-15(21)18-7-2-3-8-18/h4-5,10H,2-3,6-9H2,1H3. The number of hydrogen-bond donors (Lipinski definition) is 0. The van der Waals surface area contributed by atoms with Gasteiger partial charge in [0.05, 0.1) is 10.7 Å². The fourth-order valence-electron chi connectivity index (χ4n) is 2.48. The van der Waals surface area contributed by atoms with E-state index in [1.165, 1.54) is 11.8 Å². The van der Waals surface area contributed by atoms with Crippen LogP contribution < -0.4 is 4.90 Å². The van der Waals surface area contributed by atoms with Crippen molar-refractivity contribution in [3.05, 3.63) is 28.2 Å². The Bertz CT molecular complexity index is 542. The molecule has 0 radical (unpaired) electrons. The van der Waals surface area contributed by atoms with Gasteiger partial charge in [-0.25, -0.2) is 0 Å². The quantitative estimate of drug-likeness (QED) is 0.850. The van der Waals surface area contributed by atoms with Crippen LogP contribution in [-0.2, 0) is 9.59 Å². The maximum absolute atomic E-state index is 12.1. The monoisotopic (exact) mass is 328 g/mol. The van der Waals surface area contributed by atoms with Crippen LogP contribution in [0.1, 0.15) is 26.2 Å². The minimum absolute atomic E-state index is 0.0869. The van der Waals surface area contributed by atoms with Crippen molar-refractivity contribution in [2.24, 2.45) is 0 Å². The average Bonchev–Trinajstić information content (AvgIpc) is 2.94. The maximum Gasteiger partial charge on any atom is 0.224 e. The van der Waals surface area contributed by atoms with Crippen molar-refractivity contribution < 1.29 is 9.59 Å². The zero-order chi connectivity index (χ0) is 15.4. The molecule has 2 rings (SSSR count). The fourth-order valence-corrected chi connectivity index (χ4v) is 2.99. The number of carbonyl (C=O) groups is 2. The lowest BCUT2D eigenvalue weighted by atomic mass is 10.2. The first-order chi connectivity index (χ1) is 9.99. The molecule has 0 saturated carbocycles. The molecule has 0 bridgehead atoms. The first-order valence-electron chi connectivity index (χ1n) is 7.00. The minimum atomic E-state index is -0.145. The highest BCUT2D eigenvalue weighted by atomic mass is 35.5. The molecule has 0 unspecified atom stereocenters. The molecular formula is C15H18Cl2N2O2. The molecule has 1 aliphatic rings. The molecule has 1 saturated heterocycles. The van der Waals surface area contributed by atoms with Crippen molar-refractivity contribution in [3.8, 4) is 0 Å². The fraction of sp³-hybridized carbons (Fsp3) is 0.467. The Morgan fingerprint density at radius 1 is 1.24 bits per heavy atom. The van der Waals surface area contributed by atoms with Crippen LogP contribution in [0, 0.1) is 0 Å². The number of carbonyl (C=O) groups excluding carboxylic acids is 2. The average molecular weight is 329 g/mol. The summed E-state index contributed by atoms with van der Waals surface area (Å²) in [6.07, 6.45) is 2.43. The maximum atomic E-state index is 12.1. The summed E-state index contributed by atoms with van der Waals surface area (Å²) in [5, 5.41) is 0.923. The Morgan fingerprint density at radius 3 is 2.48 bits per heavy atom. The number of halogens is 2. The smallest absolute Gasteiger partial charge is 0.224 e. The van der Waals surface area contributed by atoms with Gasteiger partial charge in [0.1, 0.15) is 0 Å². The summed E-state index contributed by atoms with van der Waals surface area (Å²) in [6.45, 7) is 3.43. The van der Waals surface area contributed by atoms with E-state index in [0.29, 0.717) is 28.7 Å². The number of anilines is 1. The van der Waals surface area contributed by atoms with E-state index in [0.717, 1.165) is 25.9 Å². The molecular weight excluding hydrogens is 311 g/mol. The molecule has 0 atom stereocenters. The van der Waals surface area contributed by atoms with E-state index in [1.54, 1.807) is 18.2 Å². The summed E-state index contributed by atoms with van der Waals surface area (Å²) in [5.74, 6) is -0.0581. The third-order valence-electron chi connectivity index (χ3n) is 3.59. The van der Waals surface area contributed by atoms with Gasteiger partial charge in [0, 0.05) is 38.0 Å². The van der Waals surface area contributed by atoms with Crippen LogP contribution in [0.2, 0.25) is 10.0 Å². The topological polar surface area (TPSA) is 40.6 Å².